The number of rotatable bonds is 9. The molecule has 0 saturated carbocycles. The van der Waals surface area contributed by atoms with Crippen LogP contribution in [-0.2, 0) is 9.53 Å². The van der Waals surface area contributed by atoms with Crippen molar-refractivity contribution in [1.29, 1.82) is 0 Å². The molecule has 0 radical (unpaired) electrons. The molecule has 2 aromatic carbocycles. The summed E-state index contributed by atoms with van der Waals surface area (Å²) in [5.41, 5.74) is 2.22. The minimum Gasteiger partial charge on any atom is -0.492 e. The van der Waals surface area contributed by atoms with Crippen molar-refractivity contribution >= 4 is 63.0 Å². The van der Waals surface area contributed by atoms with Crippen LogP contribution in [0.2, 0.25) is 10.0 Å². The van der Waals surface area contributed by atoms with Crippen molar-refractivity contribution in [1.82, 2.24) is 0 Å². The minimum atomic E-state index is -0.635. The minimum absolute atomic E-state index is 0.133. The monoisotopic (exact) mass is 534 g/mol. The zero-order chi connectivity index (χ0) is 25.5. The molecule has 3 aromatic rings. The Bertz CT molecular complexity index is 1260. The Kier molecular flexibility index (Phi) is 9.14. The summed E-state index contributed by atoms with van der Waals surface area (Å²) in [5.74, 6) is -0.864. The molecule has 2 N–H and O–H groups in total. The highest BCUT2D eigenvalue weighted by atomic mass is 35.5. The van der Waals surface area contributed by atoms with Gasteiger partial charge in [-0.2, -0.15) is 0 Å². The average Bonchev–Trinajstić information content (AvgIpc) is 3.13. The van der Waals surface area contributed by atoms with Gasteiger partial charge >= 0.3 is 5.97 Å². The van der Waals surface area contributed by atoms with Crippen molar-refractivity contribution in [3.05, 3.63) is 74.1 Å². The molecule has 0 fully saturated rings. The number of carbonyl (C=O) groups excluding carboxylic acids is 3. The van der Waals surface area contributed by atoms with E-state index in [1.54, 1.807) is 31.2 Å². The number of methoxy groups -OCH3 is 1. The molecule has 0 spiro atoms. The number of thiophene rings is 1. The molecule has 3 rings (SSSR count). The van der Waals surface area contributed by atoms with Crippen molar-refractivity contribution in [3.63, 3.8) is 0 Å². The molecule has 35 heavy (non-hydrogen) atoms. The van der Waals surface area contributed by atoms with Crippen LogP contribution in [-0.4, -0.2) is 31.5 Å². The van der Waals surface area contributed by atoms with E-state index in [9.17, 15) is 14.4 Å². The molecule has 1 aromatic heterocycles. The molecule has 0 unspecified atom stereocenters. The summed E-state index contributed by atoms with van der Waals surface area (Å²) in [6, 6.07) is 12.3. The molecule has 0 aliphatic heterocycles. The molecular formula is C25H24Cl2N2O5S. The molecule has 0 atom stereocenters. The van der Waals surface area contributed by atoms with Crippen LogP contribution in [0, 0.1) is 13.8 Å². The molecule has 0 aliphatic carbocycles. The van der Waals surface area contributed by atoms with Gasteiger partial charge in [0.05, 0.1) is 29.2 Å². The summed E-state index contributed by atoms with van der Waals surface area (Å²) in [6.07, 6.45) is 0.539. The molecule has 0 saturated heterocycles. The fraction of sp³-hybridized carbons (Fsp3) is 0.240. The maximum Gasteiger partial charge on any atom is 0.341 e. The van der Waals surface area contributed by atoms with Gasteiger partial charge in [0.2, 0.25) is 5.91 Å². The maximum absolute atomic E-state index is 12.9. The SMILES string of the molecule is COC(=O)c1c(NC(=O)CCCOc2ccc(Cl)cc2Cl)sc(C(=O)Nc2cccc(C)c2)c1C. The third kappa shape index (κ3) is 6.97. The molecule has 2 amide bonds. The van der Waals surface area contributed by atoms with Gasteiger partial charge in [0, 0.05) is 17.1 Å². The van der Waals surface area contributed by atoms with Crippen molar-refractivity contribution in [2.24, 2.45) is 0 Å². The highest BCUT2D eigenvalue weighted by Gasteiger charge is 2.26. The summed E-state index contributed by atoms with van der Waals surface area (Å²) in [6.45, 7) is 3.82. The van der Waals surface area contributed by atoms with Crippen molar-refractivity contribution in [3.8, 4) is 5.75 Å². The summed E-state index contributed by atoms with van der Waals surface area (Å²) >= 11 is 13.0. The number of anilines is 2. The third-order valence-corrected chi connectivity index (χ3v) is 6.71. The first-order valence-corrected chi connectivity index (χ1v) is 12.2. The highest BCUT2D eigenvalue weighted by Crippen LogP contribution is 2.34. The quantitative estimate of drug-likeness (QED) is 0.241. The standard InChI is InChI=1S/C25H24Cl2N2O5S/c1-14-6-4-7-17(12-14)28-23(31)22-15(2)21(25(32)33-3)24(35-22)29-20(30)8-5-11-34-19-10-9-16(26)13-18(19)27/h4,6-7,9-10,12-13H,5,8,11H2,1-3H3,(H,28,31)(H,29,30). The Balaban J connectivity index is 1.66. The second-order valence-electron chi connectivity index (χ2n) is 7.65. The predicted octanol–water partition coefficient (Wildman–Crippen LogP) is 6.51. The van der Waals surface area contributed by atoms with Crippen LogP contribution in [0.1, 0.15) is 44.0 Å². The molecule has 10 heteroatoms. The second kappa shape index (κ2) is 12.1. The topological polar surface area (TPSA) is 93.7 Å². The van der Waals surface area contributed by atoms with Crippen LogP contribution >= 0.6 is 34.5 Å². The third-order valence-electron chi connectivity index (χ3n) is 4.97. The van der Waals surface area contributed by atoms with E-state index in [0.717, 1.165) is 16.9 Å². The van der Waals surface area contributed by atoms with Crippen LogP contribution in [0.4, 0.5) is 10.7 Å². The lowest BCUT2D eigenvalue weighted by Gasteiger charge is -2.09. The summed E-state index contributed by atoms with van der Waals surface area (Å²) in [5, 5.41) is 6.70. The van der Waals surface area contributed by atoms with Crippen molar-refractivity contribution < 1.29 is 23.9 Å². The number of halogens is 2. The summed E-state index contributed by atoms with van der Waals surface area (Å²) < 4.78 is 10.5. The van der Waals surface area contributed by atoms with Crippen molar-refractivity contribution in [2.45, 2.75) is 26.7 Å². The molecule has 0 bridgehead atoms. The molecular weight excluding hydrogens is 511 g/mol. The smallest absolute Gasteiger partial charge is 0.341 e. The fourth-order valence-corrected chi connectivity index (χ4v) is 4.84. The van der Waals surface area contributed by atoms with E-state index in [-0.39, 0.29) is 35.4 Å². The van der Waals surface area contributed by atoms with E-state index in [1.165, 1.54) is 7.11 Å². The van der Waals surface area contributed by atoms with Gasteiger partial charge in [-0.05, 0) is 61.7 Å². The fourth-order valence-electron chi connectivity index (χ4n) is 3.27. The van der Waals surface area contributed by atoms with Gasteiger partial charge < -0.3 is 20.1 Å². The van der Waals surface area contributed by atoms with E-state index in [1.807, 2.05) is 25.1 Å². The number of amides is 2. The number of hydrogen-bond acceptors (Lipinski definition) is 6. The lowest BCUT2D eigenvalue weighted by molar-refractivity contribution is -0.116. The predicted molar refractivity (Wildman–Crippen MR) is 139 cm³/mol. The van der Waals surface area contributed by atoms with Gasteiger partial charge in [-0.15, -0.1) is 11.3 Å². The van der Waals surface area contributed by atoms with Gasteiger partial charge in [-0.25, -0.2) is 4.79 Å². The molecule has 1 heterocycles. The first kappa shape index (κ1) is 26.5. The number of ether oxygens (including phenoxy) is 2. The van der Waals surface area contributed by atoms with Gasteiger partial charge in [0.1, 0.15) is 10.8 Å². The molecule has 7 nitrogen and oxygen atoms in total. The van der Waals surface area contributed by atoms with Gasteiger partial charge in [-0.1, -0.05) is 35.3 Å². The number of benzene rings is 2. The number of hydrogen-bond donors (Lipinski definition) is 2. The number of nitrogens with one attached hydrogen (secondary N) is 2. The Morgan fingerprint density at radius 1 is 1.03 bits per heavy atom. The largest absolute Gasteiger partial charge is 0.492 e. The van der Waals surface area contributed by atoms with Gasteiger partial charge in [-0.3, -0.25) is 9.59 Å². The van der Waals surface area contributed by atoms with Gasteiger partial charge in [0.25, 0.3) is 5.91 Å². The Labute approximate surface area is 217 Å². The van der Waals surface area contributed by atoms with Crippen LogP contribution in [0.15, 0.2) is 42.5 Å². The summed E-state index contributed by atoms with van der Waals surface area (Å²) in [7, 11) is 1.25. The first-order valence-electron chi connectivity index (χ1n) is 10.7. The molecule has 184 valence electrons. The lowest BCUT2D eigenvalue weighted by atomic mass is 10.1. The highest BCUT2D eigenvalue weighted by molar-refractivity contribution is 7.18. The Morgan fingerprint density at radius 2 is 1.80 bits per heavy atom. The number of aryl methyl sites for hydroxylation is 1. The number of carbonyl (C=O) groups is 3. The Morgan fingerprint density at radius 3 is 2.49 bits per heavy atom. The summed E-state index contributed by atoms with van der Waals surface area (Å²) in [4.78, 5) is 38.2. The normalized spacial score (nSPS) is 10.5. The Hall–Kier alpha value is -3.07. The lowest BCUT2D eigenvalue weighted by Crippen LogP contribution is -2.15. The van der Waals surface area contributed by atoms with E-state index < -0.39 is 5.97 Å². The zero-order valence-electron chi connectivity index (χ0n) is 19.4. The van der Waals surface area contributed by atoms with E-state index in [0.29, 0.717) is 38.3 Å². The first-order chi connectivity index (χ1) is 16.7. The van der Waals surface area contributed by atoms with E-state index >= 15 is 0 Å². The van der Waals surface area contributed by atoms with Gasteiger partial charge in [0.15, 0.2) is 0 Å². The van der Waals surface area contributed by atoms with E-state index in [4.69, 9.17) is 32.7 Å². The van der Waals surface area contributed by atoms with Crippen LogP contribution in [0.3, 0.4) is 0 Å². The molecule has 0 aliphatic rings. The van der Waals surface area contributed by atoms with Crippen LogP contribution < -0.4 is 15.4 Å². The van der Waals surface area contributed by atoms with Crippen LogP contribution in [0.5, 0.6) is 5.75 Å². The second-order valence-corrected chi connectivity index (χ2v) is 9.51. The van der Waals surface area contributed by atoms with Crippen molar-refractivity contribution in [2.75, 3.05) is 24.4 Å². The zero-order valence-corrected chi connectivity index (χ0v) is 21.7. The van der Waals surface area contributed by atoms with Crippen LogP contribution in [0.25, 0.3) is 0 Å². The number of esters is 1. The average molecular weight is 535 g/mol. The maximum atomic E-state index is 12.9. The van der Waals surface area contributed by atoms with E-state index in [2.05, 4.69) is 10.6 Å².